The van der Waals surface area contributed by atoms with Crippen LogP contribution >= 0.6 is 23.5 Å². The van der Waals surface area contributed by atoms with Crippen LogP contribution in [0.3, 0.4) is 0 Å². The lowest BCUT2D eigenvalue weighted by molar-refractivity contribution is -0.154. The van der Waals surface area contributed by atoms with Crippen molar-refractivity contribution in [1.82, 2.24) is 3.36 Å². The number of hydrogen-bond donors (Lipinski definition) is 0. The van der Waals surface area contributed by atoms with Gasteiger partial charge < -0.3 is 0 Å². The molecule has 1 heterocycles. The van der Waals surface area contributed by atoms with Gasteiger partial charge in [-0.05, 0) is 23.7 Å². The van der Waals surface area contributed by atoms with Crippen molar-refractivity contribution in [3.63, 3.8) is 0 Å². The van der Waals surface area contributed by atoms with E-state index in [2.05, 4.69) is 0 Å². The normalized spacial score (nSPS) is 14.1. The van der Waals surface area contributed by atoms with Crippen LogP contribution in [-0.4, -0.2) is 15.0 Å². The summed E-state index contributed by atoms with van der Waals surface area (Å²) >= 11 is 0.629. The minimum atomic E-state index is -4.97. The predicted molar refractivity (Wildman–Crippen MR) is 60.0 cm³/mol. The maximum atomic E-state index is 12.8. The van der Waals surface area contributed by atoms with Gasteiger partial charge in [-0.2, -0.15) is 16.5 Å². The van der Waals surface area contributed by atoms with Crippen LogP contribution in [0, 0.1) is 0 Å². The molecule has 2 nitrogen and oxygen atoms in total. The molecular weight excluding hydrogens is 278 g/mol. The van der Waals surface area contributed by atoms with Crippen molar-refractivity contribution in [3.8, 4) is 0 Å². The van der Waals surface area contributed by atoms with Crippen molar-refractivity contribution in [2.24, 2.45) is 0 Å². The zero-order valence-corrected chi connectivity index (χ0v) is 9.70. The largest absolute Gasteiger partial charge is 0.430 e. The molecule has 1 atom stereocenters. The first kappa shape index (κ1) is 12.4. The first-order valence-electron chi connectivity index (χ1n) is 4.38. The molecule has 1 aromatic carbocycles. The Bertz CT molecular complexity index is 588. The van der Waals surface area contributed by atoms with Gasteiger partial charge in [0.15, 0.2) is 0 Å². The number of benzene rings is 1. The van der Waals surface area contributed by atoms with Crippen LogP contribution in [-0.2, 0) is 0 Å². The third-order valence-corrected chi connectivity index (χ3v) is 4.09. The molecule has 92 valence electrons. The Kier molecular flexibility index (Phi) is 3.17. The molecule has 0 aliphatic heterocycles. The second-order valence-electron chi connectivity index (χ2n) is 3.11. The molecule has 0 amide bonds. The Hall–Kier alpha value is -1.02. The van der Waals surface area contributed by atoms with Crippen molar-refractivity contribution in [3.05, 3.63) is 34.6 Å². The maximum absolute atomic E-state index is 12.8. The molecule has 0 N–H and O–H groups in total. The molecule has 2 rings (SSSR count). The maximum Gasteiger partial charge on any atom is 0.430 e. The van der Waals surface area contributed by atoms with Crippen LogP contribution in [0.5, 0.6) is 0 Å². The molecule has 0 radical (unpaired) electrons. The minimum absolute atomic E-state index is 0.166. The summed E-state index contributed by atoms with van der Waals surface area (Å²) in [5, 5.41) is 0.291. The molecule has 0 saturated heterocycles. The average Bonchev–Trinajstić information content (AvgIpc) is 2.55. The Morgan fingerprint density at radius 2 is 1.94 bits per heavy atom. The molecular formula is C9H5F4NOS2. The first-order valence-corrected chi connectivity index (χ1v) is 5.99. The fourth-order valence-corrected chi connectivity index (χ4v) is 3.04. The van der Waals surface area contributed by atoms with Gasteiger partial charge in [0.25, 0.3) is 11.1 Å². The lowest BCUT2D eigenvalue weighted by atomic mass is 10.3. The summed E-state index contributed by atoms with van der Waals surface area (Å²) in [5.74, 6) is 0. The lowest BCUT2D eigenvalue weighted by Crippen LogP contribution is -2.24. The summed E-state index contributed by atoms with van der Waals surface area (Å²) in [6, 6.07) is 6.34. The van der Waals surface area contributed by atoms with E-state index in [1.54, 1.807) is 18.2 Å². The molecule has 0 spiro atoms. The summed E-state index contributed by atoms with van der Waals surface area (Å²) in [5.41, 5.74) is -3.73. The quantitative estimate of drug-likeness (QED) is 0.788. The van der Waals surface area contributed by atoms with Crippen molar-refractivity contribution < 1.29 is 17.6 Å². The van der Waals surface area contributed by atoms with Gasteiger partial charge in [0, 0.05) is 11.9 Å². The predicted octanol–water partition coefficient (Wildman–Crippen LogP) is 3.42. The Labute approximate surface area is 101 Å². The van der Waals surface area contributed by atoms with Crippen molar-refractivity contribution in [2.75, 3.05) is 0 Å². The van der Waals surface area contributed by atoms with Gasteiger partial charge in [-0.25, -0.2) is 4.39 Å². The van der Waals surface area contributed by atoms with E-state index in [0.717, 1.165) is 11.5 Å². The highest BCUT2D eigenvalue weighted by Crippen LogP contribution is 2.33. The summed E-state index contributed by atoms with van der Waals surface area (Å²) in [4.78, 5) is 11.6. The highest BCUT2D eigenvalue weighted by atomic mass is 32.2. The van der Waals surface area contributed by atoms with Crippen molar-refractivity contribution in [1.29, 1.82) is 0 Å². The molecule has 0 aliphatic carbocycles. The van der Waals surface area contributed by atoms with Crippen molar-refractivity contribution >= 4 is 33.6 Å². The van der Waals surface area contributed by atoms with Crippen LogP contribution in [0.4, 0.5) is 17.6 Å². The molecule has 0 fully saturated rings. The zero-order valence-electron chi connectivity index (χ0n) is 8.07. The Morgan fingerprint density at radius 1 is 1.29 bits per heavy atom. The van der Waals surface area contributed by atoms with Crippen LogP contribution < -0.4 is 5.56 Å². The van der Waals surface area contributed by atoms with E-state index in [-0.39, 0.29) is 11.9 Å². The third-order valence-electron chi connectivity index (χ3n) is 1.91. The summed E-state index contributed by atoms with van der Waals surface area (Å²) < 4.78 is 50.1. The van der Waals surface area contributed by atoms with E-state index < -0.39 is 17.2 Å². The van der Waals surface area contributed by atoms with E-state index in [0.29, 0.717) is 13.4 Å². The van der Waals surface area contributed by atoms with E-state index in [1.165, 1.54) is 6.07 Å². The van der Waals surface area contributed by atoms with E-state index in [1.807, 2.05) is 0 Å². The fraction of sp³-hybridized carbons (Fsp3) is 0.222. The third kappa shape index (κ3) is 2.47. The molecule has 2 aromatic rings. The second-order valence-corrected chi connectivity index (χ2v) is 5.32. The number of halogens is 4. The summed E-state index contributed by atoms with van der Waals surface area (Å²) in [6.07, 6.45) is -4.97. The van der Waals surface area contributed by atoms with E-state index >= 15 is 0 Å². The molecule has 8 heteroatoms. The molecule has 17 heavy (non-hydrogen) atoms. The van der Waals surface area contributed by atoms with Gasteiger partial charge in [-0.3, -0.25) is 4.79 Å². The SMILES string of the molecule is O=c1c2ccccc2sn1SC(F)C(F)(F)F. The van der Waals surface area contributed by atoms with E-state index in [4.69, 9.17) is 0 Å². The van der Waals surface area contributed by atoms with Crippen LogP contribution in [0.2, 0.25) is 0 Å². The van der Waals surface area contributed by atoms with Gasteiger partial charge >= 0.3 is 6.18 Å². The summed E-state index contributed by atoms with van der Waals surface area (Å²) in [7, 11) is 0. The minimum Gasteiger partial charge on any atom is -0.267 e. The Balaban J connectivity index is 2.38. The molecule has 0 saturated carbocycles. The first-order chi connectivity index (χ1) is 7.89. The number of rotatable bonds is 2. The fourth-order valence-electron chi connectivity index (χ4n) is 1.17. The molecule has 0 aliphatic rings. The topological polar surface area (TPSA) is 22.0 Å². The highest BCUT2D eigenvalue weighted by molar-refractivity contribution is 7.99. The number of hydrogen-bond acceptors (Lipinski definition) is 3. The molecule has 0 bridgehead atoms. The number of alkyl halides is 4. The van der Waals surface area contributed by atoms with Crippen LogP contribution in [0.25, 0.3) is 10.1 Å². The monoisotopic (exact) mass is 283 g/mol. The highest BCUT2D eigenvalue weighted by Gasteiger charge is 2.42. The molecule has 1 aromatic heterocycles. The smallest absolute Gasteiger partial charge is 0.267 e. The van der Waals surface area contributed by atoms with Crippen LogP contribution in [0.1, 0.15) is 0 Å². The van der Waals surface area contributed by atoms with Gasteiger partial charge in [-0.15, -0.1) is 0 Å². The van der Waals surface area contributed by atoms with E-state index in [9.17, 15) is 22.4 Å². The summed E-state index contributed by atoms with van der Waals surface area (Å²) in [6.45, 7) is 0. The average molecular weight is 283 g/mol. The second kappa shape index (κ2) is 4.34. The lowest BCUT2D eigenvalue weighted by Gasteiger charge is -2.10. The zero-order chi connectivity index (χ0) is 12.6. The Morgan fingerprint density at radius 3 is 2.53 bits per heavy atom. The molecule has 1 unspecified atom stereocenters. The van der Waals surface area contributed by atoms with Gasteiger partial charge in [0.05, 0.1) is 10.1 Å². The van der Waals surface area contributed by atoms with Crippen LogP contribution in [0.15, 0.2) is 29.1 Å². The number of aromatic nitrogens is 1. The number of fused-ring (bicyclic) bond motifs is 1. The standard InChI is InChI=1S/C9H5F4NOS2/c10-8(9(11,12)13)17-14-7(15)5-3-1-2-4-6(5)16-14/h1-4,8H. The number of nitrogens with zero attached hydrogens (tertiary/aromatic N) is 1. The van der Waals surface area contributed by atoms with Crippen molar-refractivity contribution in [2.45, 2.75) is 11.7 Å². The van der Waals surface area contributed by atoms with Gasteiger partial charge in [-0.1, -0.05) is 12.1 Å². The van der Waals surface area contributed by atoms with Gasteiger partial charge in [0.2, 0.25) is 0 Å². The van der Waals surface area contributed by atoms with Gasteiger partial charge in [0.1, 0.15) is 0 Å².